The number of carboxylic acid groups (broad SMARTS) is 1. The van der Waals surface area contributed by atoms with Gasteiger partial charge in [0.05, 0.1) is 18.2 Å². The van der Waals surface area contributed by atoms with Gasteiger partial charge in [-0.15, -0.1) is 0 Å². The predicted octanol–water partition coefficient (Wildman–Crippen LogP) is 1.24. The predicted molar refractivity (Wildman–Crippen MR) is 71.4 cm³/mol. The van der Waals surface area contributed by atoms with Crippen molar-refractivity contribution in [1.82, 2.24) is 5.32 Å². The standard InChI is InChI=1S/C13H14ClNO5/c14-9-4-8(5-10(13(17)18)15-7-16)6-11-12(9)20-3-1-2-19-11/h4,6-7,10H,1-3,5H2,(H,15,16)(H,17,18). The van der Waals surface area contributed by atoms with Gasteiger partial charge in [-0.05, 0) is 17.7 Å². The van der Waals surface area contributed by atoms with E-state index in [1.807, 2.05) is 0 Å². The third-order valence-corrected chi connectivity index (χ3v) is 3.15. The van der Waals surface area contributed by atoms with Crippen LogP contribution in [0.25, 0.3) is 0 Å². The van der Waals surface area contributed by atoms with E-state index < -0.39 is 12.0 Å². The van der Waals surface area contributed by atoms with Crippen LogP contribution in [0.3, 0.4) is 0 Å². The van der Waals surface area contributed by atoms with Crippen molar-refractivity contribution in [2.75, 3.05) is 13.2 Å². The van der Waals surface area contributed by atoms with Gasteiger partial charge in [-0.25, -0.2) is 4.79 Å². The summed E-state index contributed by atoms with van der Waals surface area (Å²) in [5, 5.41) is 11.6. The molecule has 0 saturated heterocycles. The summed E-state index contributed by atoms with van der Waals surface area (Å²) in [7, 11) is 0. The molecule has 1 heterocycles. The number of rotatable bonds is 5. The molecule has 6 nitrogen and oxygen atoms in total. The van der Waals surface area contributed by atoms with Crippen LogP contribution in [0, 0.1) is 0 Å². The molecule has 0 fully saturated rings. The van der Waals surface area contributed by atoms with Crippen molar-refractivity contribution in [3.8, 4) is 11.5 Å². The maximum Gasteiger partial charge on any atom is 0.326 e. The van der Waals surface area contributed by atoms with Crippen LogP contribution >= 0.6 is 11.6 Å². The van der Waals surface area contributed by atoms with E-state index >= 15 is 0 Å². The van der Waals surface area contributed by atoms with Crippen LogP contribution in [0.5, 0.6) is 11.5 Å². The lowest BCUT2D eigenvalue weighted by atomic mass is 10.1. The molecule has 2 rings (SSSR count). The van der Waals surface area contributed by atoms with E-state index in [4.69, 9.17) is 26.2 Å². The van der Waals surface area contributed by atoms with Gasteiger partial charge in [-0.1, -0.05) is 11.6 Å². The zero-order valence-corrected chi connectivity index (χ0v) is 11.4. The third kappa shape index (κ3) is 3.33. The number of fused-ring (bicyclic) bond motifs is 1. The summed E-state index contributed by atoms with van der Waals surface area (Å²) in [6.45, 7) is 1.04. The molecule has 1 aromatic carbocycles. The lowest BCUT2D eigenvalue weighted by molar-refractivity contribution is -0.140. The van der Waals surface area contributed by atoms with E-state index in [1.54, 1.807) is 12.1 Å². The van der Waals surface area contributed by atoms with Crippen LogP contribution in [0.2, 0.25) is 5.02 Å². The van der Waals surface area contributed by atoms with Crippen LogP contribution in [-0.2, 0) is 16.0 Å². The number of carboxylic acids is 1. The highest BCUT2D eigenvalue weighted by atomic mass is 35.5. The maximum absolute atomic E-state index is 11.0. The Morgan fingerprint density at radius 2 is 2.20 bits per heavy atom. The first-order valence-corrected chi connectivity index (χ1v) is 6.50. The molecular formula is C13H14ClNO5. The van der Waals surface area contributed by atoms with Crippen molar-refractivity contribution in [3.05, 3.63) is 22.7 Å². The number of hydrogen-bond donors (Lipinski definition) is 2. The van der Waals surface area contributed by atoms with Gasteiger partial charge in [0, 0.05) is 12.8 Å². The summed E-state index contributed by atoms with van der Waals surface area (Å²) in [6.07, 6.45) is 1.23. The van der Waals surface area contributed by atoms with Crippen molar-refractivity contribution in [2.24, 2.45) is 0 Å². The molecule has 20 heavy (non-hydrogen) atoms. The second-order valence-corrected chi connectivity index (χ2v) is 4.74. The molecule has 1 aliphatic heterocycles. The van der Waals surface area contributed by atoms with Crippen molar-refractivity contribution in [1.29, 1.82) is 0 Å². The maximum atomic E-state index is 11.0. The Hall–Kier alpha value is -1.95. The molecule has 1 atom stereocenters. The van der Waals surface area contributed by atoms with E-state index in [2.05, 4.69) is 5.32 Å². The Labute approximate surface area is 120 Å². The van der Waals surface area contributed by atoms with Crippen molar-refractivity contribution in [2.45, 2.75) is 18.9 Å². The van der Waals surface area contributed by atoms with Gasteiger partial charge in [-0.3, -0.25) is 4.79 Å². The molecule has 1 amide bonds. The normalized spacial score (nSPS) is 15.1. The van der Waals surface area contributed by atoms with Gasteiger partial charge in [0.2, 0.25) is 6.41 Å². The number of carbonyl (C=O) groups excluding carboxylic acids is 1. The smallest absolute Gasteiger partial charge is 0.326 e. The fraction of sp³-hybridized carbons (Fsp3) is 0.385. The Morgan fingerprint density at radius 1 is 1.45 bits per heavy atom. The number of nitrogens with one attached hydrogen (secondary N) is 1. The Balaban J connectivity index is 2.24. The third-order valence-electron chi connectivity index (χ3n) is 2.87. The Kier molecular flexibility index (Phi) is 4.68. The lowest BCUT2D eigenvalue weighted by Gasteiger charge is -2.14. The zero-order valence-electron chi connectivity index (χ0n) is 10.6. The molecule has 1 unspecified atom stereocenters. The fourth-order valence-corrected chi connectivity index (χ4v) is 2.23. The molecule has 0 bridgehead atoms. The van der Waals surface area contributed by atoms with Gasteiger partial charge in [-0.2, -0.15) is 0 Å². The number of hydrogen-bond acceptors (Lipinski definition) is 4. The van der Waals surface area contributed by atoms with E-state index in [0.29, 0.717) is 41.7 Å². The number of carbonyl (C=O) groups is 2. The average molecular weight is 300 g/mol. The minimum absolute atomic E-state index is 0.116. The Morgan fingerprint density at radius 3 is 2.90 bits per heavy atom. The first kappa shape index (κ1) is 14.5. The average Bonchev–Trinajstić information content (AvgIpc) is 2.63. The first-order chi connectivity index (χ1) is 9.61. The second kappa shape index (κ2) is 6.47. The summed E-state index contributed by atoms with van der Waals surface area (Å²) in [5.41, 5.74) is 0.654. The molecule has 0 aliphatic carbocycles. The van der Waals surface area contributed by atoms with Gasteiger partial charge < -0.3 is 19.9 Å². The first-order valence-electron chi connectivity index (χ1n) is 6.12. The molecule has 0 radical (unpaired) electrons. The highest BCUT2D eigenvalue weighted by molar-refractivity contribution is 6.32. The van der Waals surface area contributed by atoms with Crippen molar-refractivity contribution >= 4 is 24.0 Å². The molecule has 7 heteroatoms. The quantitative estimate of drug-likeness (QED) is 0.799. The minimum Gasteiger partial charge on any atom is -0.489 e. The van der Waals surface area contributed by atoms with Crippen molar-refractivity contribution in [3.63, 3.8) is 0 Å². The van der Waals surface area contributed by atoms with E-state index in [9.17, 15) is 9.59 Å². The van der Waals surface area contributed by atoms with Gasteiger partial charge in [0.25, 0.3) is 0 Å². The number of halogens is 1. The minimum atomic E-state index is -1.11. The summed E-state index contributed by atoms with van der Waals surface area (Å²) in [6, 6.07) is 2.31. The van der Waals surface area contributed by atoms with E-state index in [-0.39, 0.29) is 6.42 Å². The zero-order chi connectivity index (χ0) is 14.5. The summed E-state index contributed by atoms with van der Waals surface area (Å²) < 4.78 is 11.0. The molecule has 1 aliphatic rings. The Bertz CT molecular complexity index is 520. The van der Waals surface area contributed by atoms with Crippen LogP contribution < -0.4 is 14.8 Å². The summed E-state index contributed by atoms with van der Waals surface area (Å²) in [4.78, 5) is 21.4. The summed E-state index contributed by atoms with van der Waals surface area (Å²) in [5.74, 6) is -0.135. The molecule has 1 aromatic rings. The summed E-state index contributed by atoms with van der Waals surface area (Å²) >= 11 is 6.12. The van der Waals surface area contributed by atoms with Crippen LogP contribution in [0.15, 0.2) is 12.1 Å². The molecular weight excluding hydrogens is 286 g/mol. The van der Waals surface area contributed by atoms with Gasteiger partial charge in [0.1, 0.15) is 6.04 Å². The van der Waals surface area contributed by atoms with E-state index in [0.717, 1.165) is 6.42 Å². The van der Waals surface area contributed by atoms with Crippen LogP contribution in [0.4, 0.5) is 0 Å². The highest BCUT2D eigenvalue weighted by Gasteiger charge is 2.20. The molecule has 0 spiro atoms. The van der Waals surface area contributed by atoms with Crippen LogP contribution in [0.1, 0.15) is 12.0 Å². The SMILES string of the molecule is O=CNC(Cc1cc(Cl)c2c(c1)OCCCO2)C(=O)O. The molecule has 2 N–H and O–H groups in total. The largest absolute Gasteiger partial charge is 0.489 e. The number of benzene rings is 1. The van der Waals surface area contributed by atoms with Crippen LogP contribution in [-0.4, -0.2) is 36.7 Å². The highest BCUT2D eigenvalue weighted by Crippen LogP contribution is 2.38. The molecule has 108 valence electrons. The van der Waals surface area contributed by atoms with Crippen molar-refractivity contribution < 1.29 is 24.2 Å². The fourth-order valence-electron chi connectivity index (χ4n) is 1.94. The van der Waals surface area contributed by atoms with Gasteiger partial charge >= 0.3 is 5.97 Å². The second-order valence-electron chi connectivity index (χ2n) is 4.33. The van der Waals surface area contributed by atoms with E-state index in [1.165, 1.54) is 0 Å². The number of aliphatic carboxylic acids is 1. The number of amides is 1. The monoisotopic (exact) mass is 299 g/mol. The molecule has 0 aromatic heterocycles. The van der Waals surface area contributed by atoms with Gasteiger partial charge in [0.15, 0.2) is 11.5 Å². The molecule has 0 saturated carbocycles. The number of ether oxygens (including phenoxy) is 2. The topological polar surface area (TPSA) is 84.9 Å². The lowest BCUT2D eigenvalue weighted by Crippen LogP contribution is -2.37.